The Bertz CT molecular complexity index is 173. The third-order valence-corrected chi connectivity index (χ3v) is 1.62. The second kappa shape index (κ2) is 5.88. The van der Waals surface area contributed by atoms with Gasteiger partial charge in [0.15, 0.2) is 0 Å². The van der Waals surface area contributed by atoms with Gasteiger partial charge in [0.2, 0.25) is 11.8 Å². The van der Waals surface area contributed by atoms with Crippen LogP contribution in [-0.4, -0.2) is 30.7 Å². The molecule has 0 spiro atoms. The number of rotatable bonds is 4. The van der Waals surface area contributed by atoms with Crippen molar-refractivity contribution in [3.05, 3.63) is 0 Å². The minimum absolute atomic E-state index is 0.181. The van der Waals surface area contributed by atoms with Crippen LogP contribution < -0.4 is 10.6 Å². The van der Waals surface area contributed by atoms with Crippen LogP contribution >= 0.6 is 12.6 Å². The molecule has 12 heavy (non-hydrogen) atoms. The van der Waals surface area contributed by atoms with E-state index in [1.165, 1.54) is 14.0 Å². The first-order valence-electron chi connectivity index (χ1n) is 3.71. The molecule has 0 radical (unpaired) electrons. The quantitative estimate of drug-likeness (QED) is 0.526. The summed E-state index contributed by atoms with van der Waals surface area (Å²) in [5, 5.41) is 5.00. The minimum atomic E-state index is -0.454. The van der Waals surface area contributed by atoms with E-state index in [1.54, 1.807) is 0 Å². The Kier molecular flexibility index (Phi) is 5.53. The molecule has 0 aliphatic heterocycles. The summed E-state index contributed by atoms with van der Waals surface area (Å²) in [7, 11) is 1.54. The molecule has 0 aliphatic carbocycles. The maximum absolute atomic E-state index is 11.1. The van der Waals surface area contributed by atoms with Crippen molar-refractivity contribution in [2.75, 3.05) is 12.8 Å². The summed E-state index contributed by atoms with van der Waals surface area (Å²) in [6.07, 6.45) is 0.544. The Morgan fingerprint density at radius 1 is 1.50 bits per heavy atom. The zero-order valence-corrected chi connectivity index (χ0v) is 8.15. The van der Waals surface area contributed by atoms with Crippen LogP contribution in [0.4, 0.5) is 0 Å². The monoisotopic (exact) mass is 190 g/mol. The first kappa shape index (κ1) is 11.3. The lowest BCUT2D eigenvalue weighted by Gasteiger charge is -2.14. The molecular weight excluding hydrogens is 176 g/mol. The predicted octanol–water partition coefficient (Wildman–Crippen LogP) is -0.443. The Morgan fingerprint density at radius 2 is 2.08 bits per heavy atom. The normalized spacial score (nSPS) is 11.9. The zero-order chi connectivity index (χ0) is 9.56. The van der Waals surface area contributed by atoms with Crippen LogP contribution in [0, 0.1) is 0 Å². The topological polar surface area (TPSA) is 58.2 Å². The van der Waals surface area contributed by atoms with Crippen molar-refractivity contribution in [2.24, 2.45) is 0 Å². The van der Waals surface area contributed by atoms with Crippen LogP contribution in [0.3, 0.4) is 0 Å². The van der Waals surface area contributed by atoms with Crippen LogP contribution in [0.5, 0.6) is 0 Å². The number of nitrogens with one attached hydrogen (secondary N) is 2. The Hall–Kier alpha value is -0.710. The van der Waals surface area contributed by atoms with Gasteiger partial charge in [0, 0.05) is 14.0 Å². The van der Waals surface area contributed by atoms with E-state index < -0.39 is 6.04 Å². The summed E-state index contributed by atoms with van der Waals surface area (Å²) in [6, 6.07) is -0.454. The lowest BCUT2D eigenvalue weighted by atomic mass is 10.2. The molecule has 0 aromatic carbocycles. The lowest BCUT2D eigenvalue weighted by molar-refractivity contribution is -0.127. The third-order valence-electron chi connectivity index (χ3n) is 1.36. The number of amides is 2. The number of hydrogen-bond donors (Lipinski definition) is 3. The van der Waals surface area contributed by atoms with Crippen LogP contribution in [0.2, 0.25) is 0 Å². The first-order valence-corrected chi connectivity index (χ1v) is 4.34. The molecule has 5 heteroatoms. The van der Waals surface area contributed by atoms with Crippen LogP contribution in [0.15, 0.2) is 0 Å². The van der Waals surface area contributed by atoms with Crippen LogP contribution in [0.1, 0.15) is 13.3 Å². The average molecular weight is 190 g/mol. The van der Waals surface area contributed by atoms with Gasteiger partial charge in [-0.2, -0.15) is 12.6 Å². The first-order chi connectivity index (χ1) is 5.61. The van der Waals surface area contributed by atoms with Crippen molar-refractivity contribution in [3.8, 4) is 0 Å². The highest BCUT2D eigenvalue weighted by Crippen LogP contribution is 1.94. The molecule has 0 aromatic heterocycles. The molecule has 70 valence electrons. The fraction of sp³-hybridized carbons (Fsp3) is 0.714. The third kappa shape index (κ3) is 4.23. The van der Waals surface area contributed by atoms with Gasteiger partial charge in [0.1, 0.15) is 6.04 Å². The van der Waals surface area contributed by atoms with Gasteiger partial charge in [-0.15, -0.1) is 0 Å². The molecule has 4 nitrogen and oxygen atoms in total. The lowest BCUT2D eigenvalue weighted by Crippen LogP contribution is -2.45. The van der Waals surface area contributed by atoms with Crippen molar-refractivity contribution in [1.82, 2.24) is 10.6 Å². The minimum Gasteiger partial charge on any atom is -0.357 e. The van der Waals surface area contributed by atoms with Crippen molar-refractivity contribution >= 4 is 24.4 Å². The molecule has 0 heterocycles. The van der Waals surface area contributed by atoms with E-state index in [-0.39, 0.29) is 11.8 Å². The van der Waals surface area contributed by atoms with Crippen LogP contribution in [-0.2, 0) is 9.59 Å². The number of hydrogen-bond acceptors (Lipinski definition) is 3. The SMILES string of the molecule is CNC(=O)C(CCS)NC(C)=O. The second-order valence-corrected chi connectivity index (χ2v) is 2.83. The number of carbonyl (C=O) groups excluding carboxylic acids is 2. The largest absolute Gasteiger partial charge is 0.357 e. The summed E-state index contributed by atoms with van der Waals surface area (Å²) in [6.45, 7) is 1.38. The summed E-state index contributed by atoms with van der Waals surface area (Å²) < 4.78 is 0. The molecule has 1 atom stereocenters. The fourth-order valence-corrected chi connectivity index (χ4v) is 1.08. The van der Waals surface area contributed by atoms with E-state index in [9.17, 15) is 9.59 Å². The number of likely N-dealkylation sites (N-methyl/N-ethyl adjacent to an activating group) is 1. The van der Waals surface area contributed by atoms with Gasteiger partial charge in [-0.05, 0) is 12.2 Å². The molecule has 0 saturated carbocycles. The molecule has 1 unspecified atom stereocenters. The Morgan fingerprint density at radius 3 is 2.42 bits per heavy atom. The van der Waals surface area contributed by atoms with Crippen molar-refractivity contribution in [3.63, 3.8) is 0 Å². The van der Waals surface area contributed by atoms with Crippen molar-refractivity contribution in [2.45, 2.75) is 19.4 Å². The van der Waals surface area contributed by atoms with Crippen molar-refractivity contribution < 1.29 is 9.59 Å². The molecule has 0 fully saturated rings. The highest BCUT2D eigenvalue weighted by atomic mass is 32.1. The van der Waals surface area contributed by atoms with E-state index in [4.69, 9.17) is 0 Å². The van der Waals surface area contributed by atoms with E-state index >= 15 is 0 Å². The smallest absolute Gasteiger partial charge is 0.242 e. The van der Waals surface area contributed by atoms with Gasteiger partial charge < -0.3 is 10.6 Å². The Labute approximate surface area is 77.5 Å². The van der Waals surface area contributed by atoms with E-state index in [0.29, 0.717) is 12.2 Å². The van der Waals surface area contributed by atoms with Gasteiger partial charge in [0.05, 0.1) is 0 Å². The predicted molar refractivity (Wildman–Crippen MR) is 50.1 cm³/mol. The summed E-state index contributed by atoms with van der Waals surface area (Å²) in [5.41, 5.74) is 0. The second-order valence-electron chi connectivity index (χ2n) is 2.38. The molecule has 0 saturated heterocycles. The van der Waals surface area contributed by atoms with Crippen molar-refractivity contribution in [1.29, 1.82) is 0 Å². The molecule has 2 amide bonds. The van der Waals surface area contributed by atoms with Crippen LogP contribution in [0.25, 0.3) is 0 Å². The Balaban J connectivity index is 4.02. The number of thiol groups is 1. The molecule has 2 N–H and O–H groups in total. The maximum Gasteiger partial charge on any atom is 0.242 e. The van der Waals surface area contributed by atoms with Gasteiger partial charge in [-0.1, -0.05) is 0 Å². The van der Waals surface area contributed by atoms with Gasteiger partial charge >= 0.3 is 0 Å². The van der Waals surface area contributed by atoms with E-state index in [0.717, 1.165) is 0 Å². The highest BCUT2D eigenvalue weighted by molar-refractivity contribution is 7.80. The fourth-order valence-electron chi connectivity index (χ4n) is 0.818. The molecule has 0 bridgehead atoms. The molecule has 0 aliphatic rings. The van der Waals surface area contributed by atoms with E-state index in [1.807, 2.05) is 0 Å². The van der Waals surface area contributed by atoms with E-state index in [2.05, 4.69) is 23.3 Å². The van der Waals surface area contributed by atoms with Gasteiger partial charge in [-0.3, -0.25) is 9.59 Å². The number of carbonyl (C=O) groups is 2. The summed E-state index contributed by atoms with van der Waals surface area (Å²) >= 11 is 3.98. The standard InChI is InChI=1S/C7H14N2O2S/c1-5(10)9-6(3-4-12)7(11)8-2/h6,12H,3-4H2,1-2H3,(H,8,11)(H,9,10). The molecule has 0 aromatic rings. The molecule has 0 rings (SSSR count). The highest BCUT2D eigenvalue weighted by Gasteiger charge is 2.16. The summed E-state index contributed by atoms with van der Waals surface area (Å²) in [4.78, 5) is 21.7. The molecular formula is C7H14N2O2S. The maximum atomic E-state index is 11.1. The van der Waals surface area contributed by atoms with Gasteiger partial charge in [0.25, 0.3) is 0 Å². The van der Waals surface area contributed by atoms with Gasteiger partial charge in [-0.25, -0.2) is 0 Å². The summed E-state index contributed by atoms with van der Waals surface area (Å²) in [5.74, 6) is 0.183. The average Bonchev–Trinajstić information content (AvgIpc) is 2.01. The zero-order valence-electron chi connectivity index (χ0n) is 7.26.